The molecule has 0 spiro atoms. The molecule has 1 aliphatic carbocycles. The predicted molar refractivity (Wildman–Crippen MR) is 205 cm³/mol. The molecule has 1 saturated carbocycles. The molecule has 0 heterocycles. The van der Waals surface area contributed by atoms with E-state index in [0.29, 0.717) is 17.3 Å². The fourth-order valence-corrected chi connectivity index (χ4v) is 8.45. The SMILES string of the molecule is CCCCCCCC1C(CCCCCC)CCC(CCCCCCCCNC(=O)CS)C1CCCCCCCCCC(=O)CS. The minimum Gasteiger partial charge on any atom is -0.355 e. The van der Waals surface area contributed by atoms with Crippen molar-refractivity contribution in [2.24, 2.45) is 23.7 Å². The van der Waals surface area contributed by atoms with Gasteiger partial charge in [0.15, 0.2) is 0 Å². The molecule has 1 fully saturated rings. The third-order valence-electron chi connectivity index (χ3n) is 10.9. The number of ketones is 1. The van der Waals surface area contributed by atoms with Crippen LogP contribution in [-0.2, 0) is 9.59 Å². The van der Waals surface area contributed by atoms with E-state index in [1.165, 1.54) is 167 Å². The smallest absolute Gasteiger partial charge is 0.229 e. The largest absolute Gasteiger partial charge is 0.355 e. The van der Waals surface area contributed by atoms with E-state index in [2.05, 4.69) is 44.4 Å². The van der Waals surface area contributed by atoms with Gasteiger partial charge < -0.3 is 5.32 Å². The summed E-state index contributed by atoms with van der Waals surface area (Å²) in [6.07, 6.45) is 39.3. The second-order valence-corrected chi connectivity index (χ2v) is 15.2. The zero-order valence-corrected chi connectivity index (χ0v) is 31.9. The number of carbonyl (C=O) groups is 2. The Morgan fingerprint density at radius 3 is 1.38 bits per heavy atom. The van der Waals surface area contributed by atoms with Crippen LogP contribution in [0.2, 0.25) is 0 Å². The molecule has 1 aliphatic rings. The van der Waals surface area contributed by atoms with E-state index in [1.54, 1.807) is 0 Å². The lowest BCUT2D eigenvalue weighted by Gasteiger charge is -2.44. The van der Waals surface area contributed by atoms with E-state index in [1.807, 2.05) is 0 Å². The first-order valence-corrected chi connectivity index (χ1v) is 21.3. The van der Waals surface area contributed by atoms with Crippen LogP contribution in [0.1, 0.15) is 200 Å². The van der Waals surface area contributed by atoms with Crippen molar-refractivity contribution in [3.63, 3.8) is 0 Å². The summed E-state index contributed by atoms with van der Waals surface area (Å²) in [5, 5.41) is 2.95. The molecule has 3 nitrogen and oxygen atoms in total. The summed E-state index contributed by atoms with van der Waals surface area (Å²) >= 11 is 8.14. The highest BCUT2D eigenvalue weighted by atomic mass is 32.1. The Bertz CT molecular complexity index is 687. The molecular formula is C40H77NO2S2. The van der Waals surface area contributed by atoms with Crippen LogP contribution in [0.25, 0.3) is 0 Å². The van der Waals surface area contributed by atoms with Gasteiger partial charge in [0.2, 0.25) is 5.91 Å². The van der Waals surface area contributed by atoms with E-state index in [9.17, 15) is 9.59 Å². The second kappa shape index (κ2) is 31.1. The first-order chi connectivity index (χ1) is 22.1. The Kier molecular flexibility index (Phi) is 29.6. The van der Waals surface area contributed by atoms with Gasteiger partial charge in [-0.3, -0.25) is 9.59 Å². The van der Waals surface area contributed by atoms with Crippen molar-refractivity contribution in [1.29, 1.82) is 0 Å². The molecule has 4 unspecified atom stereocenters. The summed E-state index contributed by atoms with van der Waals surface area (Å²) in [5.74, 6) is 4.93. The third-order valence-corrected chi connectivity index (χ3v) is 11.5. The molecule has 0 saturated heterocycles. The van der Waals surface area contributed by atoms with Crippen LogP contribution in [0.5, 0.6) is 0 Å². The van der Waals surface area contributed by atoms with Gasteiger partial charge in [0, 0.05) is 18.7 Å². The quantitative estimate of drug-likeness (QED) is 0.0494. The monoisotopic (exact) mass is 668 g/mol. The lowest BCUT2D eigenvalue weighted by molar-refractivity contribution is -0.118. The Morgan fingerprint density at radius 1 is 0.511 bits per heavy atom. The zero-order valence-electron chi connectivity index (χ0n) is 30.1. The summed E-state index contributed by atoms with van der Waals surface area (Å²) < 4.78 is 0. The Labute approximate surface area is 292 Å². The molecule has 1 N–H and O–H groups in total. The topological polar surface area (TPSA) is 46.2 Å². The number of rotatable bonds is 32. The Balaban J connectivity index is 2.62. The van der Waals surface area contributed by atoms with Crippen molar-refractivity contribution in [1.82, 2.24) is 5.32 Å². The average molecular weight is 668 g/mol. The minimum absolute atomic E-state index is 0.0529. The van der Waals surface area contributed by atoms with Crippen LogP contribution in [0, 0.1) is 23.7 Å². The Hall–Kier alpha value is -0.160. The lowest BCUT2D eigenvalue weighted by Crippen LogP contribution is -2.35. The summed E-state index contributed by atoms with van der Waals surface area (Å²) in [7, 11) is 0. The average Bonchev–Trinajstić information content (AvgIpc) is 3.05. The van der Waals surface area contributed by atoms with Crippen LogP contribution < -0.4 is 5.32 Å². The molecule has 1 amide bonds. The van der Waals surface area contributed by atoms with Crippen molar-refractivity contribution in [2.45, 2.75) is 200 Å². The predicted octanol–water partition coefficient (Wildman–Crippen LogP) is 12.4. The first-order valence-electron chi connectivity index (χ1n) is 20.1. The fourth-order valence-electron chi connectivity index (χ4n) is 8.18. The number of unbranched alkanes of at least 4 members (excludes halogenated alkanes) is 18. The van der Waals surface area contributed by atoms with Gasteiger partial charge in [-0.05, 0) is 62.2 Å². The molecule has 0 aromatic carbocycles. The highest BCUT2D eigenvalue weighted by Crippen LogP contribution is 2.47. The van der Waals surface area contributed by atoms with Crippen LogP contribution in [-0.4, -0.2) is 29.7 Å². The standard InChI is InChI=1S/C40H77NO2S2/c1-3-5-7-14-22-28-38-35(25-19-8-6-4-2)30-31-36(26-20-15-12-13-18-24-32-41-40(43)34-45)39(38)29-23-17-11-9-10-16-21-27-37(42)33-44/h35-36,38-39,44-45H,3-34H2,1-2H3,(H,41,43). The third kappa shape index (κ3) is 22.9. The van der Waals surface area contributed by atoms with E-state index in [-0.39, 0.29) is 5.91 Å². The summed E-state index contributed by atoms with van der Waals surface area (Å²) in [4.78, 5) is 22.9. The number of hydrogen-bond acceptors (Lipinski definition) is 4. The number of Topliss-reactive ketones (excluding diaryl/α,β-unsaturated/α-hetero) is 1. The van der Waals surface area contributed by atoms with Gasteiger partial charge >= 0.3 is 0 Å². The van der Waals surface area contributed by atoms with Crippen molar-refractivity contribution in [3.8, 4) is 0 Å². The van der Waals surface area contributed by atoms with Gasteiger partial charge in [0.05, 0.1) is 5.75 Å². The molecule has 0 radical (unpaired) electrons. The van der Waals surface area contributed by atoms with Gasteiger partial charge in [-0.15, -0.1) is 0 Å². The lowest BCUT2D eigenvalue weighted by atomic mass is 9.61. The molecule has 0 aromatic heterocycles. The van der Waals surface area contributed by atoms with Gasteiger partial charge in [-0.25, -0.2) is 0 Å². The maximum atomic E-state index is 11.5. The normalized spacial score (nSPS) is 20.0. The van der Waals surface area contributed by atoms with Crippen LogP contribution in [0.4, 0.5) is 0 Å². The second-order valence-electron chi connectivity index (χ2n) is 14.6. The van der Waals surface area contributed by atoms with Crippen molar-refractivity contribution >= 4 is 36.9 Å². The molecule has 0 aliphatic heterocycles. The van der Waals surface area contributed by atoms with Crippen LogP contribution in [0.15, 0.2) is 0 Å². The summed E-state index contributed by atoms with van der Waals surface area (Å²) in [6.45, 7) is 5.48. The van der Waals surface area contributed by atoms with Crippen LogP contribution in [0.3, 0.4) is 0 Å². The highest BCUT2D eigenvalue weighted by molar-refractivity contribution is 7.81. The van der Waals surface area contributed by atoms with E-state index in [4.69, 9.17) is 0 Å². The molecule has 1 rings (SSSR count). The molecule has 4 atom stereocenters. The van der Waals surface area contributed by atoms with Crippen molar-refractivity contribution < 1.29 is 9.59 Å². The fraction of sp³-hybridized carbons (Fsp3) is 0.950. The minimum atomic E-state index is 0.0529. The number of hydrogen-bond donors (Lipinski definition) is 3. The van der Waals surface area contributed by atoms with E-state index in [0.717, 1.165) is 49.5 Å². The molecule has 0 aromatic rings. The molecule has 266 valence electrons. The zero-order chi connectivity index (χ0) is 32.8. The van der Waals surface area contributed by atoms with Crippen LogP contribution >= 0.6 is 25.3 Å². The highest BCUT2D eigenvalue weighted by Gasteiger charge is 2.37. The summed E-state index contributed by atoms with van der Waals surface area (Å²) in [6, 6.07) is 0. The van der Waals surface area contributed by atoms with Gasteiger partial charge in [-0.2, -0.15) is 25.3 Å². The molecule has 0 bridgehead atoms. The maximum Gasteiger partial charge on any atom is 0.229 e. The molecule has 5 heteroatoms. The first kappa shape index (κ1) is 42.9. The number of carbonyl (C=O) groups excluding carboxylic acids is 2. The van der Waals surface area contributed by atoms with Gasteiger partial charge in [0.1, 0.15) is 5.78 Å². The Morgan fingerprint density at radius 2 is 0.911 bits per heavy atom. The molecule has 45 heavy (non-hydrogen) atoms. The summed E-state index contributed by atoms with van der Waals surface area (Å²) in [5.41, 5.74) is 0. The van der Waals surface area contributed by atoms with Crippen molar-refractivity contribution in [3.05, 3.63) is 0 Å². The van der Waals surface area contributed by atoms with Crippen molar-refractivity contribution in [2.75, 3.05) is 18.1 Å². The maximum absolute atomic E-state index is 11.5. The van der Waals surface area contributed by atoms with Gasteiger partial charge in [0.25, 0.3) is 0 Å². The van der Waals surface area contributed by atoms with E-state index >= 15 is 0 Å². The number of amides is 1. The molecular weight excluding hydrogens is 591 g/mol. The number of nitrogens with one attached hydrogen (secondary N) is 1. The van der Waals surface area contributed by atoms with Gasteiger partial charge in [-0.1, -0.05) is 155 Å². The number of thiol groups is 2. The van der Waals surface area contributed by atoms with E-state index < -0.39 is 0 Å².